The Labute approximate surface area is 177 Å². The molecule has 0 aromatic heterocycles. The molecule has 1 aliphatic heterocycles. The summed E-state index contributed by atoms with van der Waals surface area (Å²) in [6, 6.07) is 10.4. The summed E-state index contributed by atoms with van der Waals surface area (Å²) < 4.78 is 31.8. The van der Waals surface area contributed by atoms with Gasteiger partial charge in [-0.3, -0.25) is 10.1 Å². The number of morpholine rings is 1. The zero-order valence-corrected chi connectivity index (χ0v) is 17.4. The number of anilines is 2. The van der Waals surface area contributed by atoms with Gasteiger partial charge in [-0.25, -0.2) is 8.42 Å². The Kier molecular flexibility index (Phi) is 6.65. The minimum Gasteiger partial charge on any atom is -0.379 e. The van der Waals surface area contributed by atoms with Crippen molar-refractivity contribution in [2.24, 2.45) is 0 Å². The number of thiocarbonyl (C=S) groups is 1. The quantitative estimate of drug-likeness (QED) is 0.401. The van der Waals surface area contributed by atoms with Gasteiger partial charge in [-0.1, -0.05) is 11.6 Å². The monoisotopic (exact) mass is 456 g/mol. The molecule has 0 atom stereocenters. The number of benzene rings is 2. The predicted octanol–water partition coefficient (Wildman–Crippen LogP) is 3.08. The lowest BCUT2D eigenvalue weighted by Crippen LogP contribution is -2.40. The number of nitrogens with one attached hydrogen (secondary N) is 2. The van der Waals surface area contributed by atoms with Crippen LogP contribution in [0.2, 0.25) is 5.02 Å². The minimum absolute atomic E-state index is 0.0245. The number of sulfonamides is 1. The van der Waals surface area contributed by atoms with E-state index in [4.69, 9.17) is 28.6 Å². The Bertz CT molecular complexity index is 1020. The van der Waals surface area contributed by atoms with Crippen molar-refractivity contribution < 1.29 is 18.1 Å². The van der Waals surface area contributed by atoms with Crippen LogP contribution in [0, 0.1) is 10.1 Å². The van der Waals surface area contributed by atoms with E-state index in [2.05, 4.69) is 10.6 Å². The Hall–Kier alpha value is -2.31. The van der Waals surface area contributed by atoms with Gasteiger partial charge in [-0.05, 0) is 48.6 Å². The van der Waals surface area contributed by atoms with Crippen LogP contribution in [0.25, 0.3) is 0 Å². The summed E-state index contributed by atoms with van der Waals surface area (Å²) in [6.07, 6.45) is 0. The summed E-state index contributed by atoms with van der Waals surface area (Å²) in [5.74, 6) is 0. The van der Waals surface area contributed by atoms with Gasteiger partial charge in [-0.15, -0.1) is 0 Å². The highest BCUT2D eigenvalue weighted by atomic mass is 35.5. The van der Waals surface area contributed by atoms with Gasteiger partial charge in [0.25, 0.3) is 5.69 Å². The number of hydrogen-bond donors (Lipinski definition) is 2. The zero-order chi connectivity index (χ0) is 21.0. The van der Waals surface area contributed by atoms with Gasteiger partial charge in [0.05, 0.1) is 23.0 Å². The number of nitro benzene ring substituents is 1. The number of ether oxygens (including phenoxy) is 1. The maximum atomic E-state index is 12.6. The van der Waals surface area contributed by atoms with E-state index < -0.39 is 14.9 Å². The van der Waals surface area contributed by atoms with Gasteiger partial charge in [0.15, 0.2) is 5.11 Å². The normalized spacial score (nSPS) is 14.9. The molecular weight excluding hydrogens is 440 g/mol. The van der Waals surface area contributed by atoms with Crippen LogP contribution >= 0.6 is 23.8 Å². The fraction of sp³-hybridized carbons (Fsp3) is 0.235. The lowest BCUT2D eigenvalue weighted by Gasteiger charge is -2.26. The molecule has 1 fully saturated rings. The van der Waals surface area contributed by atoms with Crippen LogP contribution in [0.4, 0.5) is 17.1 Å². The van der Waals surface area contributed by atoms with Crippen molar-refractivity contribution in [3.05, 3.63) is 57.6 Å². The second kappa shape index (κ2) is 9.01. The van der Waals surface area contributed by atoms with Gasteiger partial charge in [0.2, 0.25) is 10.0 Å². The molecule has 0 saturated carbocycles. The van der Waals surface area contributed by atoms with Crippen LogP contribution in [0.5, 0.6) is 0 Å². The summed E-state index contributed by atoms with van der Waals surface area (Å²) in [4.78, 5) is 10.6. The van der Waals surface area contributed by atoms with Crippen LogP contribution in [-0.2, 0) is 14.8 Å². The molecule has 29 heavy (non-hydrogen) atoms. The summed E-state index contributed by atoms with van der Waals surface area (Å²) in [5, 5.41) is 16.9. The van der Waals surface area contributed by atoms with E-state index in [-0.39, 0.29) is 20.7 Å². The van der Waals surface area contributed by atoms with Crippen LogP contribution in [-0.4, -0.2) is 49.1 Å². The predicted molar refractivity (Wildman–Crippen MR) is 114 cm³/mol. The van der Waals surface area contributed by atoms with E-state index in [0.717, 1.165) is 0 Å². The van der Waals surface area contributed by atoms with E-state index >= 15 is 0 Å². The van der Waals surface area contributed by atoms with Crippen molar-refractivity contribution in [1.29, 1.82) is 0 Å². The smallest absolute Gasteiger partial charge is 0.289 e. The van der Waals surface area contributed by atoms with Crippen molar-refractivity contribution in [1.82, 2.24) is 4.31 Å². The molecule has 0 aliphatic carbocycles. The van der Waals surface area contributed by atoms with Crippen molar-refractivity contribution >= 4 is 56.0 Å². The highest BCUT2D eigenvalue weighted by molar-refractivity contribution is 7.89. The molecule has 0 amide bonds. The molecule has 0 radical (unpaired) electrons. The minimum atomic E-state index is -3.57. The van der Waals surface area contributed by atoms with Crippen LogP contribution in [0.3, 0.4) is 0 Å². The molecule has 1 heterocycles. The number of halogens is 1. The van der Waals surface area contributed by atoms with E-state index in [0.29, 0.717) is 37.7 Å². The van der Waals surface area contributed by atoms with E-state index in [1.165, 1.54) is 28.6 Å². The maximum Gasteiger partial charge on any atom is 0.289 e. The average Bonchev–Trinajstić information content (AvgIpc) is 2.70. The number of rotatable bonds is 5. The molecule has 0 spiro atoms. The molecular formula is C17H17ClN4O5S2. The highest BCUT2D eigenvalue weighted by Crippen LogP contribution is 2.27. The molecule has 1 aliphatic rings. The van der Waals surface area contributed by atoms with Gasteiger partial charge in [-0.2, -0.15) is 4.31 Å². The fourth-order valence-electron chi connectivity index (χ4n) is 2.67. The summed E-state index contributed by atoms with van der Waals surface area (Å²) >= 11 is 11.0. The third kappa shape index (κ3) is 5.19. The summed E-state index contributed by atoms with van der Waals surface area (Å²) in [7, 11) is -3.57. The topological polar surface area (TPSA) is 114 Å². The summed E-state index contributed by atoms with van der Waals surface area (Å²) in [5.41, 5.74) is 0.717. The van der Waals surface area contributed by atoms with Crippen molar-refractivity contribution in [2.45, 2.75) is 4.90 Å². The van der Waals surface area contributed by atoms with Crippen LogP contribution in [0.15, 0.2) is 47.4 Å². The first kappa shape index (κ1) is 21.4. The van der Waals surface area contributed by atoms with E-state index in [1.54, 1.807) is 18.2 Å². The fourth-order valence-corrected chi connectivity index (χ4v) is 4.50. The Balaban J connectivity index is 1.66. The van der Waals surface area contributed by atoms with Gasteiger partial charge < -0.3 is 15.4 Å². The molecule has 2 aromatic carbocycles. The van der Waals surface area contributed by atoms with Crippen molar-refractivity contribution in [2.75, 3.05) is 36.9 Å². The first-order chi connectivity index (χ1) is 13.8. The first-order valence-electron chi connectivity index (χ1n) is 8.47. The van der Waals surface area contributed by atoms with Crippen LogP contribution < -0.4 is 10.6 Å². The third-order valence-electron chi connectivity index (χ3n) is 4.12. The molecule has 12 heteroatoms. The van der Waals surface area contributed by atoms with Crippen molar-refractivity contribution in [3.63, 3.8) is 0 Å². The SMILES string of the molecule is O=[N+]([O-])c1cc(NC(=S)Nc2ccc(S(=O)(=O)N3CCOCC3)cc2)ccc1Cl. The van der Waals surface area contributed by atoms with E-state index in [9.17, 15) is 18.5 Å². The molecule has 0 bridgehead atoms. The standard InChI is InChI=1S/C17H17ClN4O5S2/c18-15-6-3-13(11-16(15)22(23)24)20-17(28)19-12-1-4-14(5-2-12)29(25,26)21-7-9-27-10-8-21/h1-6,11H,7-10H2,(H2,19,20,28). The van der Waals surface area contributed by atoms with Crippen LogP contribution in [0.1, 0.15) is 0 Å². The maximum absolute atomic E-state index is 12.6. The highest BCUT2D eigenvalue weighted by Gasteiger charge is 2.26. The summed E-state index contributed by atoms with van der Waals surface area (Å²) in [6.45, 7) is 1.40. The molecule has 0 unspecified atom stereocenters. The number of nitro groups is 1. The molecule has 2 N–H and O–H groups in total. The zero-order valence-electron chi connectivity index (χ0n) is 15.0. The molecule has 9 nitrogen and oxygen atoms in total. The molecule has 3 rings (SSSR count). The Morgan fingerprint density at radius 1 is 1.10 bits per heavy atom. The van der Waals surface area contributed by atoms with Crippen molar-refractivity contribution in [3.8, 4) is 0 Å². The Morgan fingerprint density at radius 3 is 2.31 bits per heavy atom. The largest absolute Gasteiger partial charge is 0.379 e. The lowest BCUT2D eigenvalue weighted by molar-refractivity contribution is -0.384. The lowest BCUT2D eigenvalue weighted by atomic mass is 10.3. The molecule has 1 saturated heterocycles. The first-order valence-corrected chi connectivity index (χ1v) is 10.7. The van der Waals surface area contributed by atoms with Gasteiger partial charge in [0.1, 0.15) is 5.02 Å². The second-order valence-electron chi connectivity index (χ2n) is 6.04. The van der Waals surface area contributed by atoms with E-state index in [1.807, 2.05) is 0 Å². The average molecular weight is 457 g/mol. The van der Waals surface area contributed by atoms with Gasteiger partial charge >= 0.3 is 0 Å². The second-order valence-corrected chi connectivity index (χ2v) is 8.80. The Morgan fingerprint density at radius 2 is 1.69 bits per heavy atom. The number of hydrogen-bond acceptors (Lipinski definition) is 6. The van der Waals surface area contributed by atoms with Gasteiger partial charge in [0, 0.05) is 30.5 Å². The number of nitrogens with zero attached hydrogens (tertiary/aromatic N) is 2. The molecule has 154 valence electrons. The molecule has 2 aromatic rings. The third-order valence-corrected chi connectivity index (χ3v) is 6.56.